The highest BCUT2D eigenvalue weighted by molar-refractivity contribution is 7.89. The zero-order chi connectivity index (χ0) is 14.7. The predicted octanol–water partition coefficient (Wildman–Crippen LogP) is 0.209. The summed E-state index contributed by atoms with van der Waals surface area (Å²) in [5.74, 6) is -2.86. The maximum atomic E-state index is 12.2. The standard InChI is InChI=1S/C11H19NO6S/c1-3-5-11(10(14)15)6-4-7-12(11)19(16,17)8-9(13)18-2/h3-8H2,1-2H3,(H,14,15). The number of hydrogen-bond donors (Lipinski definition) is 1. The Morgan fingerprint density at radius 1 is 1.42 bits per heavy atom. The maximum absolute atomic E-state index is 12.2. The Bertz CT molecular complexity index is 460. The molecule has 1 saturated heterocycles. The molecule has 1 aliphatic heterocycles. The quantitative estimate of drug-likeness (QED) is 0.702. The topological polar surface area (TPSA) is 101 Å². The number of esters is 1. The zero-order valence-electron chi connectivity index (χ0n) is 11.1. The van der Waals surface area contributed by atoms with Crippen LogP contribution in [0, 0.1) is 0 Å². The number of sulfonamides is 1. The van der Waals surface area contributed by atoms with E-state index in [1.165, 1.54) is 0 Å². The van der Waals surface area contributed by atoms with Gasteiger partial charge >= 0.3 is 11.9 Å². The molecule has 1 rings (SSSR count). The molecule has 0 amide bonds. The number of nitrogens with zero attached hydrogens (tertiary/aromatic N) is 1. The van der Waals surface area contributed by atoms with Crippen molar-refractivity contribution in [2.45, 2.75) is 38.1 Å². The van der Waals surface area contributed by atoms with E-state index in [2.05, 4.69) is 4.74 Å². The molecular weight excluding hydrogens is 274 g/mol. The molecule has 1 unspecified atom stereocenters. The van der Waals surface area contributed by atoms with Crippen LogP contribution in [0.5, 0.6) is 0 Å². The summed E-state index contributed by atoms with van der Waals surface area (Å²) in [5.41, 5.74) is -1.42. The van der Waals surface area contributed by atoms with Gasteiger partial charge in [0, 0.05) is 6.54 Å². The second-order valence-corrected chi connectivity index (χ2v) is 6.49. The molecule has 1 atom stereocenters. The summed E-state index contributed by atoms with van der Waals surface area (Å²) in [7, 11) is -2.87. The molecule has 1 heterocycles. The second kappa shape index (κ2) is 5.87. The van der Waals surface area contributed by atoms with E-state index in [-0.39, 0.29) is 19.4 Å². The van der Waals surface area contributed by atoms with Crippen molar-refractivity contribution in [3.63, 3.8) is 0 Å². The average Bonchev–Trinajstić information content (AvgIpc) is 2.74. The Kier molecular flexibility index (Phi) is 4.92. The molecule has 0 aliphatic carbocycles. The van der Waals surface area contributed by atoms with Gasteiger partial charge < -0.3 is 9.84 Å². The fourth-order valence-corrected chi connectivity index (χ4v) is 4.30. The summed E-state index contributed by atoms with van der Waals surface area (Å²) < 4.78 is 29.6. The van der Waals surface area contributed by atoms with Crippen LogP contribution in [0.4, 0.5) is 0 Å². The number of rotatable bonds is 6. The molecule has 0 spiro atoms. The molecule has 1 fully saturated rings. The van der Waals surface area contributed by atoms with Crippen LogP contribution in [0.2, 0.25) is 0 Å². The van der Waals surface area contributed by atoms with E-state index in [0.717, 1.165) is 11.4 Å². The van der Waals surface area contributed by atoms with Crippen molar-refractivity contribution in [2.75, 3.05) is 19.4 Å². The predicted molar refractivity (Wildman–Crippen MR) is 67.0 cm³/mol. The summed E-state index contributed by atoms with van der Waals surface area (Å²) in [6, 6.07) is 0. The van der Waals surface area contributed by atoms with Gasteiger partial charge in [-0.25, -0.2) is 8.42 Å². The summed E-state index contributed by atoms with van der Waals surface area (Å²) in [6.07, 6.45) is 1.54. The zero-order valence-corrected chi connectivity index (χ0v) is 11.9. The van der Waals surface area contributed by atoms with Crippen LogP contribution in [0.1, 0.15) is 32.6 Å². The fourth-order valence-electron chi connectivity index (χ4n) is 2.53. The molecule has 7 nitrogen and oxygen atoms in total. The van der Waals surface area contributed by atoms with E-state index in [1.54, 1.807) is 6.92 Å². The molecule has 0 aromatic carbocycles. The summed E-state index contributed by atoms with van der Waals surface area (Å²) in [4.78, 5) is 22.7. The molecule has 0 bridgehead atoms. The van der Waals surface area contributed by atoms with Crippen LogP contribution >= 0.6 is 0 Å². The summed E-state index contributed by atoms with van der Waals surface area (Å²) in [5, 5.41) is 9.40. The van der Waals surface area contributed by atoms with Crippen molar-refractivity contribution >= 4 is 22.0 Å². The summed E-state index contributed by atoms with van der Waals surface area (Å²) >= 11 is 0. The van der Waals surface area contributed by atoms with Crippen LogP contribution in [-0.4, -0.2) is 54.7 Å². The van der Waals surface area contributed by atoms with Crippen molar-refractivity contribution in [1.82, 2.24) is 4.31 Å². The summed E-state index contributed by atoms with van der Waals surface area (Å²) in [6.45, 7) is 1.93. The van der Waals surface area contributed by atoms with E-state index < -0.39 is 33.3 Å². The number of methoxy groups -OCH3 is 1. The molecule has 19 heavy (non-hydrogen) atoms. The smallest absolute Gasteiger partial charge is 0.325 e. The van der Waals surface area contributed by atoms with Crippen LogP contribution in [-0.2, 0) is 24.3 Å². The molecule has 1 N–H and O–H groups in total. The van der Waals surface area contributed by atoms with Gasteiger partial charge in [-0.15, -0.1) is 0 Å². The Morgan fingerprint density at radius 3 is 2.53 bits per heavy atom. The fraction of sp³-hybridized carbons (Fsp3) is 0.818. The molecule has 0 aromatic heterocycles. The highest BCUT2D eigenvalue weighted by Gasteiger charge is 2.52. The first-order valence-corrected chi connectivity index (χ1v) is 7.72. The van der Waals surface area contributed by atoms with Gasteiger partial charge in [0.05, 0.1) is 7.11 Å². The number of carboxylic acid groups (broad SMARTS) is 1. The first kappa shape index (κ1) is 15.9. The van der Waals surface area contributed by atoms with Gasteiger partial charge in [0.15, 0.2) is 5.75 Å². The Hall–Kier alpha value is -1.15. The van der Waals surface area contributed by atoms with E-state index in [9.17, 15) is 23.1 Å². The molecule has 0 aromatic rings. The van der Waals surface area contributed by atoms with Crippen LogP contribution in [0.3, 0.4) is 0 Å². The monoisotopic (exact) mass is 293 g/mol. The minimum atomic E-state index is -3.97. The number of ether oxygens (including phenoxy) is 1. The first-order chi connectivity index (χ1) is 8.80. The maximum Gasteiger partial charge on any atom is 0.325 e. The number of carbonyl (C=O) groups is 2. The van der Waals surface area contributed by atoms with Crippen molar-refractivity contribution in [1.29, 1.82) is 0 Å². The molecular formula is C11H19NO6S. The van der Waals surface area contributed by atoms with E-state index in [1.807, 2.05) is 0 Å². The van der Waals surface area contributed by atoms with Crippen LogP contribution < -0.4 is 0 Å². The molecule has 1 aliphatic rings. The highest BCUT2D eigenvalue weighted by Crippen LogP contribution is 2.36. The molecule has 110 valence electrons. The Morgan fingerprint density at radius 2 is 2.05 bits per heavy atom. The average molecular weight is 293 g/mol. The van der Waals surface area contributed by atoms with Gasteiger partial charge in [-0.1, -0.05) is 13.3 Å². The lowest BCUT2D eigenvalue weighted by molar-refractivity contribution is -0.147. The van der Waals surface area contributed by atoms with Gasteiger partial charge in [0.2, 0.25) is 10.0 Å². The number of hydrogen-bond acceptors (Lipinski definition) is 5. The van der Waals surface area contributed by atoms with Crippen molar-refractivity contribution < 1.29 is 27.9 Å². The van der Waals surface area contributed by atoms with Gasteiger partial charge in [-0.3, -0.25) is 9.59 Å². The lowest BCUT2D eigenvalue weighted by Crippen LogP contribution is -2.54. The molecule has 0 saturated carbocycles. The minimum Gasteiger partial charge on any atom is -0.480 e. The van der Waals surface area contributed by atoms with Gasteiger partial charge in [-0.05, 0) is 19.3 Å². The van der Waals surface area contributed by atoms with E-state index in [0.29, 0.717) is 12.8 Å². The lowest BCUT2D eigenvalue weighted by Gasteiger charge is -2.33. The minimum absolute atomic E-state index is 0.131. The van der Waals surface area contributed by atoms with Crippen molar-refractivity contribution in [2.24, 2.45) is 0 Å². The lowest BCUT2D eigenvalue weighted by atomic mass is 9.92. The third kappa shape index (κ3) is 3.06. The molecule has 0 radical (unpaired) electrons. The Labute approximate surface area is 112 Å². The number of aliphatic carboxylic acids is 1. The largest absolute Gasteiger partial charge is 0.480 e. The van der Waals surface area contributed by atoms with Crippen molar-refractivity contribution in [3.05, 3.63) is 0 Å². The van der Waals surface area contributed by atoms with Gasteiger partial charge in [0.25, 0.3) is 0 Å². The van der Waals surface area contributed by atoms with Gasteiger partial charge in [0.1, 0.15) is 5.54 Å². The number of carbonyl (C=O) groups excluding carboxylic acids is 1. The normalized spacial score (nSPS) is 24.3. The van der Waals surface area contributed by atoms with Crippen LogP contribution in [0.15, 0.2) is 0 Å². The number of carboxylic acids is 1. The van der Waals surface area contributed by atoms with Crippen LogP contribution in [0.25, 0.3) is 0 Å². The highest BCUT2D eigenvalue weighted by atomic mass is 32.2. The van der Waals surface area contributed by atoms with Gasteiger partial charge in [-0.2, -0.15) is 4.31 Å². The molecule has 8 heteroatoms. The van der Waals surface area contributed by atoms with E-state index in [4.69, 9.17) is 0 Å². The first-order valence-electron chi connectivity index (χ1n) is 6.11. The third-order valence-corrected chi connectivity index (χ3v) is 5.16. The SMILES string of the molecule is CCCC1(C(=O)O)CCCN1S(=O)(=O)CC(=O)OC. The Balaban J connectivity index is 3.09. The van der Waals surface area contributed by atoms with Crippen molar-refractivity contribution in [3.8, 4) is 0 Å². The second-order valence-electron chi connectivity index (χ2n) is 4.59. The van der Waals surface area contributed by atoms with E-state index >= 15 is 0 Å². The third-order valence-electron chi connectivity index (χ3n) is 3.35.